The summed E-state index contributed by atoms with van der Waals surface area (Å²) in [5.74, 6) is 0.860. The first-order chi connectivity index (χ1) is 15.7. The summed E-state index contributed by atoms with van der Waals surface area (Å²) in [5.41, 5.74) is 3.07. The van der Waals surface area contributed by atoms with E-state index >= 15 is 0 Å². The van der Waals surface area contributed by atoms with Crippen LogP contribution in [-0.4, -0.2) is 12.6 Å². The van der Waals surface area contributed by atoms with Gasteiger partial charge in [0.15, 0.2) is 0 Å². The van der Waals surface area contributed by atoms with Crippen LogP contribution < -0.4 is 9.47 Å². The Kier molecular flexibility index (Phi) is 8.89. The second kappa shape index (κ2) is 12.3. The van der Waals surface area contributed by atoms with Gasteiger partial charge in [0, 0.05) is 0 Å². The first-order valence-corrected chi connectivity index (χ1v) is 11.2. The topological polar surface area (TPSA) is 59.3 Å². The Labute approximate surface area is 190 Å². The number of hydrogen-bond donors (Lipinski definition) is 0. The van der Waals surface area contributed by atoms with Gasteiger partial charge in [0.2, 0.25) is 0 Å². The van der Waals surface area contributed by atoms with E-state index in [9.17, 15) is 4.79 Å². The van der Waals surface area contributed by atoms with Gasteiger partial charge in [0.1, 0.15) is 11.5 Å². The van der Waals surface area contributed by atoms with Crippen molar-refractivity contribution >= 4 is 5.97 Å². The lowest BCUT2D eigenvalue weighted by molar-refractivity contribution is 0.0735. The van der Waals surface area contributed by atoms with Crippen LogP contribution in [0.25, 0.3) is 11.1 Å². The van der Waals surface area contributed by atoms with Crippen LogP contribution in [-0.2, 0) is 0 Å². The van der Waals surface area contributed by atoms with Gasteiger partial charge in [-0.2, -0.15) is 5.26 Å². The summed E-state index contributed by atoms with van der Waals surface area (Å²) in [6, 6.07) is 23.8. The fourth-order valence-corrected chi connectivity index (χ4v) is 3.38. The number of carbonyl (C=O) groups excluding carboxylic acids is 1. The molecule has 32 heavy (non-hydrogen) atoms. The highest BCUT2D eigenvalue weighted by atomic mass is 16.5. The van der Waals surface area contributed by atoms with Crippen molar-refractivity contribution in [2.75, 3.05) is 6.61 Å². The van der Waals surface area contributed by atoms with E-state index in [2.05, 4.69) is 6.92 Å². The van der Waals surface area contributed by atoms with Gasteiger partial charge in [-0.25, -0.2) is 4.79 Å². The number of nitriles is 1. The minimum Gasteiger partial charge on any atom is -0.494 e. The molecule has 3 aromatic carbocycles. The summed E-state index contributed by atoms with van der Waals surface area (Å²) in [6.45, 7) is 2.98. The molecule has 4 heteroatoms. The Bertz CT molecular complexity index is 1020. The van der Waals surface area contributed by atoms with Crippen LogP contribution in [0.2, 0.25) is 0 Å². The molecule has 0 radical (unpaired) electrons. The van der Waals surface area contributed by atoms with Gasteiger partial charge in [-0.1, -0.05) is 63.3 Å². The van der Waals surface area contributed by atoms with Gasteiger partial charge in [-0.05, 0) is 66.1 Å². The normalized spacial score (nSPS) is 10.4. The van der Waals surface area contributed by atoms with Crippen LogP contribution in [0.1, 0.15) is 61.4 Å². The average Bonchev–Trinajstić information content (AvgIpc) is 2.84. The second-order valence-corrected chi connectivity index (χ2v) is 7.74. The van der Waals surface area contributed by atoms with E-state index < -0.39 is 5.97 Å². The third-order valence-corrected chi connectivity index (χ3v) is 5.27. The van der Waals surface area contributed by atoms with Gasteiger partial charge in [0.05, 0.1) is 23.8 Å². The minimum atomic E-state index is -0.431. The largest absolute Gasteiger partial charge is 0.494 e. The third-order valence-electron chi connectivity index (χ3n) is 5.27. The Morgan fingerprint density at radius 1 is 0.750 bits per heavy atom. The number of nitrogens with zero attached hydrogens (tertiary/aromatic N) is 1. The lowest BCUT2D eigenvalue weighted by Crippen LogP contribution is -2.08. The maximum atomic E-state index is 12.4. The molecule has 0 fully saturated rings. The zero-order valence-electron chi connectivity index (χ0n) is 18.5. The Morgan fingerprint density at radius 3 is 1.94 bits per heavy atom. The molecule has 0 spiro atoms. The third kappa shape index (κ3) is 6.99. The van der Waals surface area contributed by atoms with Crippen LogP contribution in [0.15, 0.2) is 72.8 Å². The van der Waals surface area contributed by atoms with Crippen LogP contribution in [0.4, 0.5) is 0 Å². The number of ether oxygens (including phenoxy) is 2. The first kappa shape index (κ1) is 23.1. The van der Waals surface area contributed by atoms with Crippen molar-refractivity contribution in [2.24, 2.45) is 0 Å². The summed E-state index contributed by atoms with van der Waals surface area (Å²) >= 11 is 0. The smallest absolute Gasteiger partial charge is 0.343 e. The van der Waals surface area contributed by atoms with E-state index in [0.29, 0.717) is 16.9 Å². The number of unbranched alkanes of at least 4 members (excludes halogenated alkanes) is 5. The van der Waals surface area contributed by atoms with E-state index in [0.717, 1.165) is 29.9 Å². The van der Waals surface area contributed by atoms with Gasteiger partial charge >= 0.3 is 5.97 Å². The molecule has 4 nitrogen and oxygen atoms in total. The van der Waals surface area contributed by atoms with Crippen LogP contribution in [0, 0.1) is 11.3 Å². The van der Waals surface area contributed by atoms with Crippen molar-refractivity contribution in [1.82, 2.24) is 0 Å². The van der Waals surface area contributed by atoms with Crippen molar-refractivity contribution < 1.29 is 14.3 Å². The van der Waals surface area contributed by atoms with Crippen LogP contribution in [0.3, 0.4) is 0 Å². The molecule has 0 aliphatic heterocycles. The molecule has 0 bridgehead atoms. The first-order valence-electron chi connectivity index (χ1n) is 11.2. The summed E-state index contributed by atoms with van der Waals surface area (Å²) < 4.78 is 11.2. The zero-order chi connectivity index (χ0) is 22.6. The Hall–Kier alpha value is -3.58. The van der Waals surface area contributed by atoms with Gasteiger partial charge in [-0.15, -0.1) is 0 Å². The Balaban J connectivity index is 1.49. The minimum absolute atomic E-state index is 0.412. The molecule has 0 saturated heterocycles. The van der Waals surface area contributed by atoms with Crippen molar-refractivity contribution in [1.29, 1.82) is 5.26 Å². The quantitative estimate of drug-likeness (QED) is 0.185. The number of hydrogen-bond acceptors (Lipinski definition) is 4. The highest BCUT2D eigenvalue weighted by Gasteiger charge is 2.09. The Morgan fingerprint density at radius 2 is 1.31 bits per heavy atom. The zero-order valence-corrected chi connectivity index (χ0v) is 18.5. The SMILES string of the molecule is CCCCCCCCOc1ccc(-c2ccc(C(=O)Oc3ccc(C#N)cc3)cc2)cc1. The fraction of sp³-hybridized carbons (Fsp3) is 0.286. The molecule has 0 atom stereocenters. The van der Waals surface area contributed by atoms with Gasteiger partial charge in [0.25, 0.3) is 0 Å². The van der Waals surface area contributed by atoms with Crippen molar-refractivity contribution in [3.05, 3.63) is 83.9 Å². The lowest BCUT2D eigenvalue weighted by atomic mass is 10.0. The summed E-state index contributed by atoms with van der Waals surface area (Å²) in [5, 5.41) is 8.84. The molecule has 0 heterocycles. The summed E-state index contributed by atoms with van der Waals surface area (Å²) in [4.78, 5) is 12.4. The molecule has 0 unspecified atom stereocenters. The lowest BCUT2D eigenvalue weighted by Gasteiger charge is -2.08. The van der Waals surface area contributed by atoms with E-state index in [1.165, 1.54) is 32.1 Å². The van der Waals surface area contributed by atoms with Crippen LogP contribution in [0.5, 0.6) is 11.5 Å². The number of rotatable bonds is 11. The van der Waals surface area contributed by atoms with Gasteiger partial charge < -0.3 is 9.47 Å². The maximum absolute atomic E-state index is 12.4. The molecule has 0 aliphatic carbocycles. The summed E-state index contributed by atoms with van der Waals surface area (Å²) in [6.07, 6.45) is 7.50. The fourth-order valence-electron chi connectivity index (χ4n) is 3.38. The molecule has 164 valence electrons. The van der Waals surface area contributed by atoms with Crippen molar-refractivity contribution in [2.45, 2.75) is 45.4 Å². The molecule has 0 amide bonds. The summed E-state index contributed by atoms with van der Waals surface area (Å²) in [7, 11) is 0. The molecule has 0 aliphatic rings. The van der Waals surface area contributed by atoms with Gasteiger partial charge in [-0.3, -0.25) is 0 Å². The highest BCUT2D eigenvalue weighted by Crippen LogP contribution is 2.24. The molecule has 3 aromatic rings. The number of benzene rings is 3. The number of carbonyl (C=O) groups is 1. The molecular formula is C28H29NO3. The second-order valence-electron chi connectivity index (χ2n) is 7.74. The van der Waals surface area contributed by atoms with E-state index in [-0.39, 0.29) is 0 Å². The average molecular weight is 428 g/mol. The highest BCUT2D eigenvalue weighted by molar-refractivity contribution is 5.91. The van der Waals surface area contributed by atoms with E-state index in [4.69, 9.17) is 14.7 Å². The molecule has 3 rings (SSSR count). The predicted molar refractivity (Wildman–Crippen MR) is 127 cm³/mol. The molecule has 0 aromatic heterocycles. The van der Waals surface area contributed by atoms with Crippen LogP contribution >= 0.6 is 0 Å². The number of esters is 1. The molecule has 0 N–H and O–H groups in total. The van der Waals surface area contributed by atoms with E-state index in [1.54, 1.807) is 36.4 Å². The predicted octanol–water partition coefficient (Wildman–Crippen LogP) is 7.18. The molecular weight excluding hydrogens is 398 g/mol. The van der Waals surface area contributed by atoms with E-state index in [1.807, 2.05) is 42.5 Å². The molecule has 0 saturated carbocycles. The van der Waals surface area contributed by atoms with Crippen molar-refractivity contribution in [3.63, 3.8) is 0 Å². The monoisotopic (exact) mass is 427 g/mol. The standard InChI is InChI=1S/C28H29NO3/c1-2-3-4-5-6-7-20-31-26-18-14-24(15-19-26)23-10-12-25(13-11-23)28(30)32-27-16-8-22(21-29)9-17-27/h8-19H,2-7,20H2,1H3. The maximum Gasteiger partial charge on any atom is 0.343 e. The van der Waals surface area contributed by atoms with Crippen molar-refractivity contribution in [3.8, 4) is 28.7 Å².